The van der Waals surface area contributed by atoms with Crippen LogP contribution in [0, 0.1) is 5.92 Å². The molecule has 0 N–H and O–H groups in total. The minimum absolute atomic E-state index is 0.275. The van der Waals surface area contributed by atoms with Gasteiger partial charge >= 0.3 is 0 Å². The molecule has 3 atom stereocenters. The maximum atomic E-state index is 6.21. The molecule has 1 aliphatic carbocycles. The Morgan fingerprint density at radius 2 is 2.06 bits per heavy atom. The number of alkyl halides is 1. The van der Waals surface area contributed by atoms with Crippen molar-refractivity contribution in [2.45, 2.75) is 38.4 Å². The Balaban J connectivity index is 1.96. The first kappa shape index (κ1) is 12.4. The molecule has 0 aromatic heterocycles. The summed E-state index contributed by atoms with van der Waals surface area (Å²) in [5.41, 5.74) is 1.32. The topological polar surface area (TPSA) is 9.23 Å². The van der Waals surface area contributed by atoms with Crippen molar-refractivity contribution in [3.63, 3.8) is 0 Å². The summed E-state index contributed by atoms with van der Waals surface area (Å²) in [5.74, 6) is 0.843. The van der Waals surface area contributed by atoms with Gasteiger partial charge in [-0.15, -0.1) is 0 Å². The number of hydrogen-bond donors (Lipinski definition) is 0. The molecule has 1 saturated carbocycles. The van der Waals surface area contributed by atoms with Crippen LogP contribution in [-0.4, -0.2) is 10.5 Å². The molecule has 0 heterocycles. The molecule has 3 unspecified atom stereocenters. The van der Waals surface area contributed by atoms with Crippen molar-refractivity contribution >= 4 is 22.6 Å². The van der Waals surface area contributed by atoms with E-state index in [0.29, 0.717) is 6.10 Å². The maximum Gasteiger partial charge on any atom is 0.0918 e. The van der Waals surface area contributed by atoms with Gasteiger partial charge in [-0.3, -0.25) is 0 Å². The smallest absolute Gasteiger partial charge is 0.0918 e. The first-order chi connectivity index (χ1) is 7.79. The fraction of sp³-hybridized carbons (Fsp3) is 0.571. The third kappa shape index (κ3) is 3.20. The molecule has 88 valence electrons. The van der Waals surface area contributed by atoms with Crippen molar-refractivity contribution in [1.29, 1.82) is 0 Å². The second-order valence-electron chi connectivity index (χ2n) is 4.73. The third-order valence-electron chi connectivity index (χ3n) is 3.31. The standard InChI is InChI=1S/C14H19IO/c1-11-7-8-13(9-11)16-14(10-15)12-5-3-2-4-6-12/h2-6,11,13-14H,7-10H2,1H3. The third-order valence-corrected chi connectivity index (χ3v) is 4.11. The zero-order valence-corrected chi connectivity index (χ0v) is 11.9. The summed E-state index contributed by atoms with van der Waals surface area (Å²) in [6.45, 7) is 2.32. The Labute approximate surface area is 112 Å². The van der Waals surface area contributed by atoms with Crippen molar-refractivity contribution in [3.05, 3.63) is 35.9 Å². The Bertz CT molecular complexity index is 312. The summed E-state index contributed by atoms with van der Waals surface area (Å²) < 4.78 is 7.24. The van der Waals surface area contributed by atoms with E-state index in [-0.39, 0.29) is 6.10 Å². The van der Waals surface area contributed by atoms with Crippen LogP contribution in [0.2, 0.25) is 0 Å². The lowest BCUT2D eigenvalue weighted by atomic mass is 10.1. The average molecular weight is 330 g/mol. The molecule has 1 aliphatic rings. The zero-order chi connectivity index (χ0) is 11.4. The Kier molecular flexibility index (Phi) is 4.65. The largest absolute Gasteiger partial charge is 0.369 e. The van der Waals surface area contributed by atoms with Gasteiger partial charge in [0.25, 0.3) is 0 Å². The van der Waals surface area contributed by atoms with Gasteiger partial charge in [-0.25, -0.2) is 0 Å². The van der Waals surface area contributed by atoms with E-state index in [1.165, 1.54) is 24.8 Å². The van der Waals surface area contributed by atoms with Crippen molar-refractivity contribution < 1.29 is 4.74 Å². The van der Waals surface area contributed by atoms with Crippen LogP contribution in [0.3, 0.4) is 0 Å². The van der Waals surface area contributed by atoms with Crippen molar-refractivity contribution in [1.82, 2.24) is 0 Å². The zero-order valence-electron chi connectivity index (χ0n) is 9.73. The summed E-state index contributed by atoms with van der Waals surface area (Å²) in [7, 11) is 0. The molecule has 0 bridgehead atoms. The summed E-state index contributed by atoms with van der Waals surface area (Å²) >= 11 is 2.42. The van der Waals surface area contributed by atoms with Gasteiger partial charge in [-0.2, -0.15) is 0 Å². The number of rotatable bonds is 4. The molecule has 0 radical (unpaired) electrons. The summed E-state index contributed by atoms with van der Waals surface area (Å²) in [6.07, 6.45) is 4.56. The highest BCUT2D eigenvalue weighted by atomic mass is 127. The number of benzene rings is 1. The number of halogens is 1. The van der Waals surface area contributed by atoms with Gasteiger partial charge in [-0.05, 0) is 30.7 Å². The highest BCUT2D eigenvalue weighted by Crippen LogP contribution is 2.32. The van der Waals surface area contributed by atoms with E-state index in [1.807, 2.05) is 0 Å². The average Bonchev–Trinajstić information content (AvgIpc) is 2.73. The van der Waals surface area contributed by atoms with Gasteiger partial charge in [0.15, 0.2) is 0 Å². The van der Waals surface area contributed by atoms with Gasteiger partial charge in [0.2, 0.25) is 0 Å². The van der Waals surface area contributed by atoms with Crippen molar-refractivity contribution in [2.75, 3.05) is 4.43 Å². The van der Waals surface area contributed by atoms with Crippen molar-refractivity contribution in [2.24, 2.45) is 5.92 Å². The highest BCUT2D eigenvalue weighted by Gasteiger charge is 2.25. The molecule has 0 spiro atoms. The fourth-order valence-corrected chi connectivity index (χ4v) is 3.10. The second-order valence-corrected chi connectivity index (χ2v) is 5.61. The van der Waals surface area contributed by atoms with Crippen LogP contribution in [0.4, 0.5) is 0 Å². The Morgan fingerprint density at radius 3 is 2.62 bits per heavy atom. The lowest BCUT2D eigenvalue weighted by molar-refractivity contribution is 0.00343. The van der Waals surface area contributed by atoms with E-state index < -0.39 is 0 Å². The van der Waals surface area contributed by atoms with Gasteiger partial charge in [0.1, 0.15) is 0 Å². The van der Waals surface area contributed by atoms with Gasteiger partial charge < -0.3 is 4.74 Å². The van der Waals surface area contributed by atoms with E-state index in [1.54, 1.807) is 0 Å². The van der Waals surface area contributed by atoms with Crippen LogP contribution in [0.1, 0.15) is 37.9 Å². The minimum Gasteiger partial charge on any atom is -0.369 e. The molecule has 16 heavy (non-hydrogen) atoms. The highest BCUT2D eigenvalue weighted by molar-refractivity contribution is 14.1. The van der Waals surface area contributed by atoms with E-state index in [4.69, 9.17) is 4.74 Å². The molecule has 1 aromatic rings. The number of hydrogen-bond acceptors (Lipinski definition) is 1. The normalized spacial score (nSPS) is 26.9. The SMILES string of the molecule is CC1CCC(OC(CI)c2ccccc2)C1. The minimum atomic E-state index is 0.275. The van der Waals surface area contributed by atoms with Gasteiger partial charge in [0, 0.05) is 4.43 Å². The van der Waals surface area contributed by atoms with Crippen LogP contribution in [0.25, 0.3) is 0 Å². The molecular weight excluding hydrogens is 311 g/mol. The predicted molar refractivity (Wildman–Crippen MR) is 76.0 cm³/mol. The Hall–Kier alpha value is -0.0900. The molecule has 0 aliphatic heterocycles. The lowest BCUT2D eigenvalue weighted by Gasteiger charge is -2.20. The van der Waals surface area contributed by atoms with Crippen LogP contribution < -0.4 is 0 Å². The molecule has 1 fully saturated rings. The van der Waals surface area contributed by atoms with Crippen molar-refractivity contribution in [3.8, 4) is 0 Å². The monoisotopic (exact) mass is 330 g/mol. The molecule has 2 heteroatoms. The van der Waals surface area contributed by atoms with Crippen LogP contribution >= 0.6 is 22.6 Å². The van der Waals surface area contributed by atoms with E-state index in [9.17, 15) is 0 Å². The maximum absolute atomic E-state index is 6.21. The summed E-state index contributed by atoms with van der Waals surface area (Å²) in [6, 6.07) is 10.6. The Morgan fingerprint density at radius 1 is 1.31 bits per heavy atom. The molecule has 1 aromatic carbocycles. The van der Waals surface area contributed by atoms with E-state index in [0.717, 1.165) is 10.3 Å². The first-order valence-corrected chi connectivity index (χ1v) is 7.58. The molecule has 1 nitrogen and oxygen atoms in total. The van der Waals surface area contributed by atoms with Gasteiger partial charge in [-0.1, -0.05) is 59.8 Å². The summed E-state index contributed by atoms with van der Waals surface area (Å²) in [4.78, 5) is 0. The molecule has 0 saturated heterocycles. The number of ether oxygens (including phenoxy) is 1. The second kappa shape index (κ2) is 6.01. The van der Waals surface area contributed by atoms with Gasteiger partial charge in [0.05, 0.1) is 12.2 Å². The molecule has 2 rings (SSSR count). The van der Waals surface area contributed by atoms with Crippen LogP contribution in [0.15, 0.2) is 30.3 Å². The fourth-order valence-electron chi connectivity index (χ4n) is 2.38. The van der Waals surface area contributed by atoms with Crippen LogP contribution in [0.5, 0.6) is 0 Å². The van der Waals surface area contributed by atoms with Crippen LogP contribution in [-0.2, 0) is 4.74 Å². The first-order valence-electron chi connectivity index (χ1n) is 6.06. The quantitative estimate of drug-likeness (QED) is 0.588. The molecular formula is C14H19IO. The predicted octanol–water partition coefficient (Wildman–Crippen LogP) is 4.37. The van der Waals surface area contributed by atoms with E-state index in [2.05, 4.69) is 59.8 Å². The lowest BCUT2D eigenvalue weighted by Crippen LogP contribution is -2.15. The summed E-state index contributed by atoms with van der Waals surface area (Å²) in [5, 5.41) is 0. The molecule has 0 amide bonds. The van der Waals surface area contributed by atoms with E-state index >= 15 is 0 Å².